The fourth-order valence-electron chi connectivity index (χ4n) is 3.16. The molecular weight excluding hydrogens is 382 g/mol. The van der Waals surface area contributed by atoms with E-state index in [4.69, 9.17) is 4.74 Å². The third kappa shape index (κ3) is 4.92. The lowest BCUT2D eigenvalue weighted by Gasteiger charge is -2.15. The van der Waals surface area contributed by atoms with Crippen molar-refractivity contribution in [3.8, 4) is 0 Å². The van der Waals surface area contributed by atoms with E-state index in [-0.39, 0.29) is 23.2 Å². The minimum atomic E-state index is -0.744. The molecule has 1 atom stereocenters. The molecule has 0 aliphatic carbocycles. The smallest absolute Gasteiger partial charge is 0.359 e. The normalized spacial score (nSPS) is 12.0. The Balaban J connectivity index is 1.75. The summed E-state index contributed by atoms with van der Waals surface area (Å²) in [6.07, 6.45) is 0. The Morgan fingerprint density at radius 2 is 1.63 bits per heavy atom. The van der Waals surface area contributed by atoms with Gasteiger partial charge < -0.3 is 10.1 Å². The van der Waals surface area contributed by atoms with Crippen LogP contribution in [0, 0.1) is 5.92 Å². The van der Waals surface area contributed by atoms with Gasteiger partial charge in [-0.25, -0.2) is 9.48 Å². The summed E-state index contributed by atoms with van der Waals surface area (Å²) in [5.41, 5.74) is 0.714. The van der Waals surface area contributed by atoms with Crippen molar-refractivity contribution in [2.45, 2.75) is 33.4 Å². The number of nitrogens with zero attached hydrogens (tertiary/aromatic N) is 2. The van der Waals surface area contributed by atoms with Crippen LogP contribution in [0.2, 0.25) is 0 Å². The van der Waals surface area contributed by atoms with E-state index in [0.717, 1.165) is 5.56 Å². The van der Waals surface area contributed by atoms with E-state index in [9.17, 15) is 14.4 Å². The van der Waals surface area contributed by atoms with Gasteiger partial charge in [-0.1, -0.05) is 62.4 Å². The van der Waals surface area contributed by atoms with Gasteiger partial charge in [-0.15, -0.1) is 0 Å². The molecule has 0 unspecified atom stereocenters. The molecule has 0 spiro atoms. The van der Waals surface area contributed by atoms with Gasteiger partial charge in [0.05, 0.1) is 11.4 Å². The zero-order chi connectivity index (χ0) is 21.7. The van der Waals surface area contributed by atoms with Crippen LogP contribution in [0.15, 0.2) is 59.4 Å². The number of hydrogen-bond donors (Lipinski definition) is 1. The molecule has 7 nitrogen and oxygen atoms in total. The maximum Gasteiger partial charge on any atom is 0.359 e. The summed E-state index contributed by atoms with van der Waals surface area (Å²) >= 11 is 0. The Bertz CT molecular complexity index is 1110. The molecule has 0 bridgehead atoms. The van der Waals surface area contributed by atoms with Crippen molar-refractivity contribution in [3.05, 3.63) is 76.2 Å². The number of carbonyl (C=O) groups excluding carboxylic acids is 2. The predicted octanol–water partition coefficient (Wildman–Crippen LogP) is 3.09. The predicted molar refractivity (Wildman–Crippen MR) is 114 cm³/mol. The number of amides is 1. The molecule has 0 aliphatic rings. The Morgan fingerprint density at radius 1 is 1.00 bits per heavy atom. The van der Waals surface area contributed by atoms with Crippen molar-refractivity contribution in [1.82, 2.24) is 15.1 Å². The van der Waals surface area contributed by atoms with E-state index in [2.05, 4.69) is 10.4 Å². The van der Waals surface area contributed by atoms with Crippen LogP contribution in [0.1, 0.15) is 42.9 Å². The molecule has 0 saturated heterocycles. The van der Waals surface area contributed by atoms with Gasteiger partial charge in [0, 0.05) is 11.9 Å². The Labute approximate surface area is 174 Å². The number of aromatic nitrogens is 2. The zero-order valence-electron chi connectivity index (χ0n) is 17.3. The molecule has 0 aliphatic heterocycles. The fourth-order valence-corrected chi connectivity index (χ4v) is 3.16. The highest BCUT2D eigenvalue weighted by Gasteiger charge is 2.20. The minimum Gasteiger partial charge on any atom is -0.451 e. The molecule has 30 heavy (non-hydrogen) atoms. The standard InChI is InChI=1S/C23H25N3O4/c1-15(2)13-26-22(28)19-12-8-7-11-18(19)21(25-26)23(29)30-14-20(27)24-16(3)17-9-5-4-6-10-17/h4-12,15-16H,13-14H2,1-3H3,(H,24,27)/t16-/m1/s1. The number of fused-ring (bicyclic) bond motifs is 1. The van der Waals surface area contributed by atoms with Gasteiger partial charge in [0.1, 0.15) is 0 Å². The highest BCUT2D eigenvalue weighted by molar-refractivity contribution is 6.02. The second-order valence-corrected chi connectivity index (χ2v) is 7.55. The summed E-state index contributed by atoms with van der Waals surface area (Å²) in [6.45, 7) is 5.71. The number of nitrogens with one attached hydrogen (secondary N) is 1. The first kappa shape index (κ1) is 21.2. The van der Waals surface area contributed by atoms with Gasteiger partial charge >= 0.3 is 5.97 Å². The quantitative estimate of drug-likeness (QED) is 0.608. The number of benzene rings is 2. The van der Waals surface area contributed by atoms with E-state index in [0.29, 0.717) is 17.3 Å². The highest BCUT2D eigenvalue weighted by atomic mass is 16.5. The highest BCUT2D eigenvalue weighted by Crippen LogP contribution is 2.15. The van der Waals surface area contributed by atoms with E-state index >= 15 is 0 Å². The summed E-state index contributed by atoms with van der Waals surface area (Å²) < 4.78 is 6.48. The zero-order valence-corrected chi connectivity index (χ0v) is 17.3. The van der Waals surface area contributed by atoms with Crippen molar-refractivity contribution >= 4 is 22.6 Å². The molecule has 0 saturated carbocycles. The SMILES string of the molecule is CC(C)Cn1nc(C(=O)OCC(=O)N[C@H](C)c2ccccc2)c2ccccc2c1=O. The summed E-state index contributed by atoms with van der Waals surface area (Å²) in [4.78, 5) is 37.6. The molecule has 156 valence electrons. The van der Waals surface area contributed by atoms with Gasteiger partial charge in [-0.3, -0.25) is 9.59 Å². The Kier molecular flexibility index (Phi) is 6.61. The van der Waals surface area contributed by atoms with E-state index in [1.54, 1.807) is 24.3 Å². The third-order valence-corrected chi connectivity index (χ3v) is 4.61. The second kappa shape index (κ2) is 9.35. The number of esters is 1. The van der Waals surface area contributed by atoms with Gasteiger partial charge in [0.15, 0.2) is 12.3 Å². The number of carbonyl (C=O) groups is 2. The molecular formula is C23H25N3O4. The molecule has 0 fully saturated rings. The molecule has 1 heterocycles. The lowest BCUT2D eigenvalue weighted by atomic mass is 10.1. The molecule has 2 aromatic carbocycles. The molecule has 3 rings (SSSR count). The van der Waals surface area contributed by atoms with Crippen LogP contribution in [0.4, 0.5) is 0 Å². The van der Waals surface area contributed by atoms with Crippen molar-refractivity contribution < 1.29 is 14.3 Å². The van der Waals surface area contributed by atoms with Crippen molar-refractivity contribution in [1.29, 1.82) is 0 Å². The second-order valence-electron chi connectivity index (χ2n) is 7.55. The lowest BCUT2D eigenvalue weighted by Crippen LogP contribution is -2.32. The fraction of sp³-hybridized carbons (Fsp3) is 0.304. The molecule has 3 aromatic rings. The van der Waals surface area contributed by atoms with Crippen molar-refractivity contribution in [2.24, 2.45) is 5.92 Å². The lowest BCUT2D eigenvalue weighted by molar-refractivity contribution is -0.124. The van der Waals surface area contributed by atoms with Crippen LogP contribution in [-0.4, -0.2) is 28.3 Å². The first-order valence-electron chi connectivity index (χ1n) is 9.88. The first-order chi connectivity index (χ1) is 14.4. The van der Waals surface area contributed by atoms with Crippen molar-refractivity contribution in [3.63, 3.8) is 0 Å². The van der Waals surface area contributed by atoms with Gasteiger partial charge in [-0.05, 0) is 24.5 Å². The summed E-state index contributed by atoms with van der Waals surface area (Å²) in [5.74, 6) is -0.990. The van der Waals surface area contributed by atoms with E-state index in [1.807, 2.05) is 51.1 Å². The first-order valence-corrected chi connectivity index (χ1v) is 9.88. The van der Waals surface area contributed by atoms with Crippen LogP contribution in [0.5, 0.6) is 0 Å². The molecule has 0 radical (unpaired) electrons. The summed E-state index contributed by atoms with van der Waals surface area (Å²) in [5, 5.41) is 7.82. The van der Waals surface area contributed by atoms with Crippen LogP contribution >= 0.6 is 0 Å². The minimum absolute atomic E-state index is 0.0229. The Hall–Kier alpha value is -3.48. The maximum absolute atomic E-state index is 12.7. The van der Waals surface area contributed by atoms with Gasteiger partial charge in [-0.2, -0.15) is 5.10 Å². The number of rotatable bonds is 7. The summed E-state index contributed by atoms with van der Waals surface area (Å²) in [6, 6.07) is 16.0. The van der Waals surface area contributed by atoms with E-state index in [1.165, 1.54) is 4.68 Å². The van der Waals surface area contributed by atoms with Crippen LogP contribution in [0.25, 0.3) is 10.8 Å². The van der Waals surface area contributed by atoms with Gasteiger partial charge in [0.2, 0.25) is 0 Å². The molecule has 7 heteroatoms. The van der Waals surface area contributed by atoms with Crippen molar-refractivity contribution in [2.75, 3.05) is 6.61 Å². The molecule has 1 amide bonds. The number of hydrogen-bond acceptors (Lipinski definition) is 5. The molecule has 1 N–H and O–H groups in total. The topological polar surface area (TPSA) is 90.3 Å². The average Bonchev–Trinajstić information content (AvgIpc) is 2.74. The van der Waals surface area contributed by atoms with Crippen LogP contribution in [-0.2, 0) is 16.1 Å². The van der Waals surface area contributed by atoms with Crippen LogP contribution < -0.4 is 10.9 Å². The third-order valence-electron chi connectivity index (χ3n) is 4.61. The largest absolute Gasteiger partial charge is 0.451 e. The number of ether oxygens (including phenoxy) is 1. The van der Waals surface area contributed by atoms with Crippen LogP contribution in [0.3, 0.4) is 0 Å². The Morgan fingerprint density at radius 3 is 2.30 bits per heavy atom. The maximum atomic E-state index is 12.7. The van der Waals surface area contributed by atoms with E-state index < -0.39 is 18.5 Å². The molecule has 1 aromatic heterocycles. The van der Waals surface area contributed by atoms with Gasteiger partial charge in [0.25, 0.3) is 11.5 Å². The monoisotopic (exact) mass is 407 g/mol. The summed E-state index contributed by atoms with van der Waals surface area (Å²) in [7, 11) is 0. The average molecular weight is 407 g/mol.